The molecule has 1 N–H and O–H groups in total. The SMILES string of the molecule is Cc1cccc(CCCNC(=O)[C@H]2OCC(=O)N(C3CC3)[C@@H]2c2cccnc2)c1. The molecule has 1 saturated carbocycles. The van der Waals surface area contributed by atoms with Crippen molar-refractivity contribution in [2.45, 2.75) is 50.8 Å². The Bertz CT molecular complexity index is 867. The van der Waals surface area contributed by atoms with Gasteiger partial charge in [0.15, 0.2) is 6.10 Å². The van der Waals surface area contributed by atoms with Crippen molar-refractivity contribution in [2.75, 3.05) is 13.2 Å². The van der Waals surface area contributed by atoms with Gasteiger partial charge in [-0.1, -0.05) is 35.9 Å². The van der Waals surface area contributed by atoms with E-state index < -0.39 is 12.1 Å². The minimum atomic E-state index is -0.712. The van der Waals surface area contributed by atoms with Gasteiger partial charge in [0.05, 0.1) is 6.04 Å². The number of hydrogen-bond donors (Lipinski definition) is 1. The zero-order valence-electron chi connectivity index (χ0n) is 16.7. The smallest absolute Gasteiger partial charge is 0.251 e. The molecule has 1 aromatic heterocycles. The van der Waals surface area contributed by atoms with E-state index in [0.29, 0.717) is 6.54 Å². The lowest BCUT2D eigenvalue weighted by molar-refractivity contribution is -0.165. The van der Waals surface area contributed by atoms with E-state index in [1.807, 2.05) is 17.0 Å². The van der Waals surface area contributed by atoms with E-state index in [-0.39, 0.29) is 24.5 Å². The molecule has 2 fully saturated rings. The summed E-state index contributed by atoms with van der Waals surface area (Å²) in [6.45, 7) is 2.61. The second-order valence-corrected chi connectivity index (χ2v) is 7.88. The van der Waals surface area contributed by atoms with Gasteiger partial charge in [0.1, 0.15) is 6.61 Å². The third kappa shape index (κ3) is 4.65. The van der Waals surface area contributed by atoms with Crippen LogP contribution in [-0.4, -0.2) is 47.0 Å². The Labute approximate surface area is 171 Å². The highest BCUT2D eigenvalue weighted by Crippen LogP contribution is 2.39. The van der Waals surface area contributed by atoms with E-state index in [1.54, 1.807) is 12.4 Å². The van der Waals surface area contributed by atoms with E-state index in [4.69, 9.17) is 4.74 Å². The lowest BCUT2D eigenvalue weighted by atomic mass is 9.98. The summed E-state index contributed by atoms with van der Waals surface area (Å²) in [4.78, 5) is 31.5. The number of amides is 2. The van der Waals surface area contributed by atoms with Gasteiger partial charge in [-0.25, -0.2) is 0 Å². The fourth-order valence-electron chi connectivity index (χ4n) is 3.99. The maximum atomic E-state index is 12.9. The zero-order chi connectivity index (χ0) is 20.2. The van der Waals surface area contributed by atoms with Gasteiger partial charge in [-0.3, -0.25) is 14.6 Å². The molecule has 2 aliphatic rings. The number of carbonyl (C=O) groups excluding carboxylic acids is 2. The predicted molar refractivity (Wildman–Crippen MR) is 109 cm³/mol. The number of hydrogen-bond acceptors (Lipinski definition) is 4. The van der Waals surface area contributed by atoms with Crippen molar-refractivity contribution in [3.8, 4) is 0 Å². The van der Waals surface area contributed by atoms with Crippen molar-refractivity contribution in [3.05, 3.63) is 65.5 Å². The molecule has 152 valence electrons. The second-order valence-electron chi connectivity index (χ2n) is 7.88. The van der Waals surface area contributed by atoms with Crippen LogP contribution in [0.3, 0.4) is 0 Å². The van der Waals surface area contributed by atoms with Gasteiger partial charge in [0.25, 0.3) is 5.91 Å². The molecule has 4 rings (SSSR count). The molecular formula is C23H27N3O3. The Morgan fingerprint density at radius 1 is 1.28 bits per heavy atom. The third-order valence-electron chi connectivity index (χ3n) is 5.51. The molecular weight excluding hydrogens is 366 g/mol. The molecule has 1 aliphatic carbocycles. The fraction of sp³-hybridized carbons (Fsp3) is 0.435. The lowest BCUT2D eigenvalue weighted by Gasteiger charge is -2.40. The summed E-state index contributed by atoms with van der Waals surface area (Å²) in [6.07, 6.45) is 6.42. The van der Waals surface area contributed by atoms with Gasteiger partial charge in [-0.15, -0.1) is 0 Å². The average molecular weight is 393 g/mol. The van der Waals surface area contributed by atoms with Crippen molar-refractivity contribution < 1.29 is 14.3 Å². The van der Waals surface area contributed by atoms with Crippen molar-refractivity contribution >= 4 is 11.8 Å². The van der Waals surface area contributed by atoms with E-state index in [1.165, 1.54) is 11.1 Å². The van der Waals surface area contributed by atoms with Gasteiger partial charge in [0, 0.05) is 25.0 Å². The monoisotopic (exact) mass is 393 g/mol. The van der Waals surface area contributed by atoms with Crippen LogP contribution in [0.4, 0.5) is 0 Å². The molecule has 1 saturated heterocycles. The number of nitrogens with one attached hydrogen (secondary N) is 1. The number of nitrogens with zero attached hydrogens (tertiary/aromatic N) is 2. The van der Waals surface area contributed by atoms with Crippen LogP contribution in [0.5, 0.6) is 0 Å². The van der Waals surface area contributed by atoms with E-state index in [2.05, 4.69) is 41.5 Å². The molecule has 2 heterocycles. The Morgan fingerprint density at radius 2 is 2.14 bits per heavy atom. The van der Waals surface area contributed by atoms with E-state index >= 15 is 0 Å². The van der Waals surface area contributed by atoms with Crippen molar-refractivity contribution in [3.63, 3.8) is 0 Å². The first-order valence-corrected chi connectivity index (χ1v) is 10.3. The average Bonchev–Trinajstić information content (AvgIpc) is 3.56. The fourth-order valence-corrected chi connectivity index (χ4v) is 3.99. The highest BCUT2D eigenvalue weighted by Gasteiger charge is 2.47. The molecule has 1 aromatic carbocycles. The first kappa shape index (κ1) is 19.6. The predicted octanol–water partition coefficient (Wildman–Crippen LogP) is 2.57. The standard InChI is InChI=1S/C23H27N3O3/c1-16-5-2-6-17(13-16)7-3-12-25-23(28)22-21(18-8-4-11-24-14-18)26(19-9-10-19)20(27)15-29-22/h2,4-6,8,11,13-14,19,21-22H,3,7,9-10,12,15H2,1H3,(H,25,28)/t21-,22+/m1/s1. The van der Waals surface area contributed by atoms with Crippen molar-refractivity contribution in [2.24, 2.45) is 0 Å². The topological polar surface area (TPSA) is 71.5 Å². The number of carbonyl (C=O) groups is 2. The summed E-state index contributed by atoms with van der Waals surface area (Å²) in [5, 5.41) is 3.01. The van der Waals surface area contributed by atoms with E-state index in [0.717, 1.165) is 31.2 Å². The van der Waals surface area contributed by atoms with Crippen LogP contribution < -0.4 is 5.32 Å². The third-order valence-corrected chi connectivity index (χ3v) is 5.51. The number of aromatic nitrogens is 1. The molecule has 29 heavy (non-hydrogen) atoms. The highest BCUT2D eigenvalue weighted by molar-refractivity contribution is 5.86. The van der Waals surface area contributed by atoms with Crippen molar-refractivity contribution in [1.29, 1.82) is 0 Å². The molecule has 1 aliphatic heterocycles. The number of ether oxygens (including phenoxy) is 1. The lowest BCUT2D eigenvalue weighted by Crippen LogP contribution is -2.55. The molecule has 0 unspecified atom stereocenters. The molecule has 0 bridgehead atoms. The second kappa shape index (κ2) is 8.74. The Balaban J connectivity index is 1.41. The normalized spacial score (nSPS) is 21.8. The Morgan fingerprint density at radius 3 is 2.86 bits per heavy atom. The van der Waals surface area contributed by atoms with E-state index in [9.17, 15) is 9.59 Å². The van der Waals surface area contributed by atoms with Crippen LogP contribution in [0.25, 0.3) is 0 Å². The Kier molecular flexibility index (Phi) is 5.90. The van der Waals surface area contributed by atoms with Crippen LogP contribution in [-0.2, 0) is 20.7 Å². The summed E-state index contributed by atoms with van der Waals surface area (Å²) in [6, 6.07) is 11.9. The zero-order valence-corrected chi connectivity index (χ0v) is 16.7. The minimum absolute atomic E-state index is 0.0470. The summed E-state index contributed by atoms with van der Waals surface area (Å²) >= 11 is 0. The maximum absolute atomic E-state index is 12.9. The number of benzene rings is 1. The molecule has 2 atom stereocenters. The van der Waals surface area contributed by atoms with Crippen molar-refractivity contribution in [1.82, 2.24) is 15.2 Å². The summed E-state index contributed by atoms with van der Waals surface area (Å²) in [5.74, 6) is -0.217. The van der Waals surface area contributed by atoms with Gasteiger partial charge < -0.3 is 15.0 Å². The van der Waals surface area contributed by atoms with Crippen LogP contribution in [0.15, 0.2) is 48.8 Å². The largest absolute Gasteiger partial charge is 0.356 e. The number of rotatable bonds is 7. The highest BCUT2D eigenvalue weighted by atomic mass is 16.5. The maximum Gasteiger partial charge on any atom is 0.251 e. The molecule has 0 spiro atoms. The van der Waals surface area contributed by atoms with Gasteiger partial charge >= 0.3 is 0 Å². The van der Waals surface area contributed by atoms with Gasteiger partial charge in [-0.2, -0.15) is 0 Å². The van der Waals surface area contributed by atoms with Crippen LogP contribution >= 0.6 is 0 Å². The Hall–Kier alpha value is -2.73. The number of aryl methyl sites for hydroxylation is 2. The summed E-state index contributed by atoms with van der Waals surface area (Å²) < 4.78 is 5.73. The van der Waals surface area contributed by atoms with Crippen LogP contribution in [0.2, 0.25) is 0 Å². The molecule has 0 radical (unpaired) electrons. The molecule has 6 heteroatoms. The van der Waals surface area contributed by atoms with Gasteiger partial charge in [-0.05, 0) is 49.8 Å². The quantitative estimate of drug-likeness (QED) is 0.734. The van der Waals surface area contributed by atoms with Crippen LogP contribution in [0, 0.1) is 6.92 Å². The van der Waals surface area contributed by atoms with Crippen LogP contribution in [0.1, 0.15) is 42.0 Å². The van der Waals surface area contributed by atoms with Gasteiger partial charge in [0.2, 0.25) is 5.91 Å². The first-order chi connectivity index (χ1) is 14.1. The minimum Gasteiger partial charge on any atom is -0.356 e. The molecule has 6 nitrogen and oxygen atoms in total. The number of morpholine rings is 1. The summed E-state index contributed by atoms with van der Waals surface area (Å²) in [7, 11) is 0. The molecule has 2 aromatic rings. The number of pyridine rings is 1. The summed E-state index contributed by atoms with van der Waals surface area (Å²) in [5.41, 5.74) is 3.35. The first-order valence-electron chi connectivity index (χ1n) is 10.3. The molecule has 2 amide bonds.